The number of aryl methyl sites for hydroxylation is 1. The Kier molecular flexibility index (Phi) is 4.81. The highest BCUT2D eigenvalue weighted by molar-refractivity contribution is 6.08. The van der Waals surface area contributed by atoms with Crippen LogP contribution in [0.2, 0.25) is 0 Å². The van der Waals surface area contributed by atoms with Crippen LogP contribution in [0.25, 0.3) is 21.8 Å². The van der Waals surface area contributed by atoms with E-state index in [9.17, 15) is 9.90 Å². The number of carbonyl (C=O) groups excluding carboxylic acids is 1. The van der Waals surface area contributed by atoms with Gasteiger partial charge in [0.1, 0.15) is 5.75 Å². The van der Waals surface area contributed by atoms with Crippen LogP contribution in [0.5, 0.6) is 5.75 Å². The topological polar surface area (TPSA) is 66.6 Å². The van der Waals surface area contributed by atoms with E-state index >= 15 is 0 Å². The number of amides is 1. The van der Waals surface area contributed by atoms with Gasteiger partial charge in [-0.2, -0.15) is 5.10 Å². The van der Waals surface area contributed by atoms with Crippen molar-refractivity contribution in [2.45, 2.75) is 19.9 Å². The summed E-state index contributed by atoms with van der Waals surface area (Å²) >= 11 is 0. The monoisotopic (exact) mass is 371 g/mol. The second-order valence-electron chi connectivity index (χ2n) is 6.69. The molecule has 0 saturated carbocycles. The average Bonchev–Trinajstić information content (AvgIpc) is 3.05. The van der Waals surface area contributed by atoms with Crippen molar-refractivity contribution in [2.75, 3.05) is 0 Å². The van der Waals surface area contributed by atoms with E-state index in [0.717, 1.165) is 11.0 Å². The maximum atomic E-state index is 12.3. The Morgan fingerprint density at radius 3 is 2.14 bits per heavy atom. The molecule has 2 N–H and O–H groups in total. The molecule has 0 unspecified atom stereocenters. The first-order valence-corrected chi connectivity index (χ1v) is 9.22. The molecule has 0 radical (unpaired) electrons. The summed E-state index contributed by atoms with van der Waals surface area (Å²) in [5.74, 6) is -0.0279. The van der Waals surface area contributed by atoms with Gasteiger partial charge in [0, 0.05) is 40.3 Å². The molecule has 0 fully saturated rings. The minimum Gasteiger partial charge on any atom is -0.507 e. The molecule has 0 bridgehead atoms. The average molecular weight is 371 g/mol. The van der Waals surface area contributed by atoms with Gasteiger partial charge in [0.25, 0.3) is 0 Å². The predicted octanol–water partition coefficient (Wildman–Crippen LogP) is 4.43. The van der Waals surface area contributed by atoms with Gasteiger partial charge >= 0.3 is 0 Å². The van der Waals surface area contributed by atoms with Gasteiger partial charge in [-0.25, -0.2) is 5.43 Å². The van der Waals surface area contributed by atoms with E-state index in [2.05, 4.69) is 39.4 Å². The number of nitrogens with one attached hydrogen (secondary N) is 1. The maximum Gasteiger partial charge on any atom is 0.241 e. The van der Waals surface area contributed by atoms with Crippen LogP contribution < -0.4 is 5.43 Å². The standard InChI is InChI=1S/C23H21N3O2/c1-16(17-8-4-7-13-22(17)27)24-25-23(28)14-15-26-20-11-5-2-9-18(20)19-10-3-6-12-21(19)26/h2-13,27H,14-15H2,1H3,(H,25,28)/b24-16-. The Bertz CT molecular complexity index is 1140. The molecule has 0 atom stereocenters. The molecule has 1 heterocycles. The van der Waals surface area contributed by atoms with E-state index in [4.69, 9.17) is 0 Å². The van der Waals surface area contributed by atoms with Crippen LogP contribution in [-0.2, 0) is 11.3 Å². The van der Waals surface area contributed by atoms with Crippen LogP contribution in [0.15, 0.2) is 77.9 Å². The lowest BCUT2D eigenvalue weighted by Crippen LogP contribution is -2.20. The normalized spacial score (nSPS) is 11.8. The number of hydrogen-bond acceptors (Lipinski definition) is 3. The molecule has 5 nitrogen and oxygen atoms in total. The van der Waals surface area contributed by atoms with E-state index < -0.39 is 0 Å². The van der Waals surface area contributed by atoms with Crippen molar-refractivity contribution in [3.63, 3.8) is 0 Å². The van der Waals surface area contributed by atoms with Crippen molar-refractivity contribution in [2.24, 2.45) is 5.10 Å². The number of phenolic OH excluding ortho intramolecular Hbond substituents is 1. The van der Waals surface area contributed by atoms with Gasteiger partial charge in [0.15, 0.2) is 0 Å². The predicted molar refractivity (Wildman–Crippen MR) is 113 cm³/mol. The molecule has 0 aliphatic heterocycles. The Balaban J connectivity index is 1.51. The minimum absolute atomic E-state index is 0.142. The zero-order valence-electron chi connectivity index (χ0n) is 15.6. The Morgan fingerprint density at radius 1 is 0.929 bits per heavy atom. The molecule has 4 rings (SSSR count). The van der Waals surface area contributed by atoms with Gasteiger partial charge in [-0.05, 0) is 31.2 Å². The van der Waals surface area contributed by atoms with Gasteiger partial charge in [0.05, 0.1) is 5.71 Å². The number of hydrogen-bond donors (Lipinski definition) is 2. The molecule has 3 aromatic carbocycles. The van der Waals surface area contributed by atoms with Crippen LogP contribution in [0.3, 0.4) is 0 Å². The van der Waals surface area contributed by atoms with Crippen LogP contribution in [0, 0.1) is 0 Å². The Morgan fingerprint density at radius 2 is 1.50 bits per heavy atom. The number of aromatic nitrogens is 1. The van der Waals surface area contributed by atoms with Crippen LogP contribution in [0.4, 0.5) is 0 Å². The molecule has 1 aromatic heterocycles. The molecule has 0 saturated heterocycles. The van der Waals surface area contributed by atoms with Crippen molar-refractivity contribution >= 4 is 33.4 Å². The molecule has 4 aromatic rings. The molecule has 0 spiro atoms. The molecular weight excluding hydrogens is 350 g/mol. The maximum absolute atomic E-state index is 12.3. The number of carbonyl (C=O) groups is 1. The number of rotatable bonds is 5. The molecule has 1 amide bonds. The highest BCUT2D eigenvalue weighted by atomic mass is 16.3. The first-order valence-electron chi connectivity index (χ1n) is 9.22. The van der Waals surface area contributed by atoms with Gasteiger partial charge in [-0.1, -0.05) is 48.5 Å². The largest absolute Gasteiger partial charge is 0.507 e. The summed E-state index contributed by atoms with van der Waals surface area (Å²) in [6.07, 6.45) is 0.306. The fraction of sp³-hybridized carbons (Fsp3) is 0.130. The smallest absolute Gasteiger partial charge is 0.241 e. The van der Waals surface area contributed by atoms with E-state index in [1.807, 2.05) is 30.3 Å². The molecule has 5 heteroatoms. The third kappa shape index (κ3) is 3.34. The van der Waals surface area contributed by atoms with Crippen molar-refractivity contribution in [1.29, 1.82) is 0 Å². The highest BCUT2D eigenvalue weighted by Gasteiger charge is 2.11. The Hall–Kier alpha value is -3.60. The number of hydrazone groups is 1. The Labute approximate surface area is 162 Å². The third-order valence-corrected chi connectivity index (χ3v) is 4.88. The SMILES string of the molecule is C/C(=N/NC(=O)CCn1c2ccccc2c2ccccc21)c1ccccc1O. The van der Waals surface area contributed by atoms with Crippen molar-refractivity contribution in [1.82, 2.24) is 9.99 Å². The van der Waals surface area contributed by atoms with Gasteiger partial charge in [-0.15, -0.1) is 0 Å². The first kappa shape index (κ1) is 17.8. The number of phenols is 1. The number of para-hydroxylation sites is 3. The highest BCUT2D eigenvalue weighted by Crippen LogP contribution is 2.28. The zero-order valence-corrected chi connectivity index (χ0v) is 15.6. The molecule has 0 aliphatic rings. The lowest BCUT2D eigenvalue weighted by Gasteiger charge is -2.08. The second-order valence-corrected chi connectivity index (χ2v) is 6.69. The van der Waals surface area contributed by atoms with Crippen molar-refractivity contribution in [3.8, 4) is 5.75 Å². The fourth-order valence-electron chi connectivity index (χ4n) is 3.50. The quantitative estimate of drug-likeness (QED) is 0.403. The lowest BCUT2D eigenvalue weighted by molar-refractivity contribution is -0.121. The summed E-state index contributed by atoms with van der Waals surface area (Å²) in [7, 11) is 0. The van der Waals surface area contributed by atoms with Gasteiger partial charge in [0.2, 0.25) is 5.91 Å². The van der Waals surface area contributed by atoms with Crippen LogP contribution >= 0.6 is 0 Å². The minimum atomic E-state index is -0.170. The third-order valence-electron chi connectivity index (χ3n) is 4.88. The molecule has 28 heavy (non-hydrogen) atoms. The zero-order chi connectivity index (χ0) is 19.5. The van der Waals surface area contributed by atoms with E-state index in [1.165, 1.54) is 10.8 Å². The van der Waals surface area contributed by atoms with E-state index in [0.29, 0.717) is 24.2 Å². The number of nitrogens with zero attached hydrogens (tertiary/aromatic N) is 2. The van der Waals surface area contributed by atoms with Crippen LogP contribution in [-0.4, -0.2) is 21.3 Å². The molecule has 0 aliphatic carbocycles. The number of fused-ring (bicyclic) bond motifs is 3. The summed E-state index contributed by atoms with van der Waals surface area (Å²) in [6, 6.07) is 23.4. The molecular formula is C23H21N3O2. The van der Waals surface area contributed by atoms with Crippen molar-refractivity contribution in [3.05, 3.63) is 78.4 Å². The van der Waals surface area contributed by atoms with Gasteiger partial charge < -0.3 is 9.67 Å². The number of aromatic hydroxyl groups is 1. The van der Waals surface area contributed by atoms with Crippen LogP contribution in [0.1, 0.15) is 18.9 Å². The first-order chi connectivity index (χ1) is 13.6. The van der Waals surface area contributed by atoms with E-state index in [1.54, 1.807) is 25.1 Å². The second kappa shape index (κ2) is 7.56. The summed E-state index contributed by atoms with van der Waals surface area (Å²) < 4.78 is 2.17. The lowest BCUT2D eigenvalue weighted by atomic mass is 10.1. The fourth-order valence-corrected chi connectivity index (χ4v) is 3.50. The summed E-state index contributed by atoms with van der Waals surface area (Å²) in [5.41, 5.74) is 5.98. The summed E-state index contributed by atoms with van der Waals surface area (Å²) in [4.78, 5) is 12.3. The number of benzene rings is 3. The van der Waals surface area contributed by atoms with Crippen molar-refractivity contribution < 1.29 is 9.90 Å². The van der Waals surface area contributed by atoms with Gasteiger partial charge in [-0.3, -0.25) is 4.79 Å². The van der Waals surface area contributed by atoms with E-state index in [-0.39, 0.29) is 11.7 Å². The summed E-state index contributed by atoms with van der Waals surface area (Å²) in [5, 5.41) is 16.4. The molecule has 140 valence electrons. The summed E-state index contributed by atoms with van der Waals surface area (Å²) in [6.45, 7) is 2.31.